The number of H-pyrrole nitrogens is 1. The van der Waals surface area contributed by atoms with Gasteiger partial charge in [-0.15, -0.1) is 0 Å². The van der Waals surface area contributed by atoms with Crippen molar-refractivity contribution in [3.05, 3.63) is 42.5 Å². The van der Waals surface area contributed by atoms with Gasteiger partial charge in [-0.3, -0.25) is 4.79 Å². The van der Waals surface area contributed by atoms with Gasteiger partial charge >= 0.3 is 0 Å². The molecule has 0 spiro atoms. The van der Waals surface area contributed by atoms with Crippen LogP contribution in [0.5, 0.6) is 0 Å². The monoisotopic (exact) mass is 457 g/mol. The summed E-state index contributed by atoms with van der Waals surface area (Å²) in [7, 11) is 2.16. The van der Waals surface area contributed by atoms with Crippen molar-refractivity contribution in [2.75, 3.05) is 25.5 Å². The summed E-state index contributed by atoms with van der Waals surface area (Å²) in [6.45, 7) is 2.18. The third kappa shape index (κ3) is 3.96. The first-order chi connectivity index (χ1) is 16.7. The van der Waals surface area contributed by atoms with Crippen LogP contribution in [0.1, 0.15) is 55.3 Å². The van der Waals surface area contributed by atoms with Gasteiger partial charge in [0.05, 0.1) is 17.3 Å². The summed E-state index contributed by atoms with van der Waals surface area (Å²) in [5.41, 5.74) is 4.46. The van der Waals surface area contributed by atoms with Crippen LogP contribution in [0.25, 0.3) is 27.7 Å². The number of pyridine rings is 1. The molecule has 2 aliphatic rings. The zero-order chi connectivity index (χ0) is 23.1. The molecule has 0 amide bonds. The van der Waals surface area contributed by atoms with Gasteiger partial charge in [0.25, 0.3) is 0 Å². The van der Waals surface area contributed by atoms with Gasteiger partial charge in [0.1, 0.15) is 5.65 Å². The third-order valence-corrected chi connectivity index (χ3v) is 7.56. The maximum absolute atomic E-state index is 13.2. The van der Waals surface area contributed by atoms with Crippen molar-refractivity contribution in [1.82, 2.24) is 29.5 Å². The van der Waals surface area contributed by atoms with Crippen LogP contribution in [0.2, 0.25) is 0 Å². The van der Waals surface area contributed by atoms with Gasteiger partial charge in [-0.2, -0.15) is 10.1 Å². The Morgan fingerprint density at radius 3 is 2.76 bits per heavy atom. The lowest BCUT2D eigenvalue weighted by atomic mass is 9.84. The number of aromatic nitrogens is 5. The van der Waals surface area contributed by atoms with E-state index in [1.807, 2.05) is 24.7 Å². The van der Waals surface area contributed by atoms with Gasteiger partial charge in [-0.1, -0.05) is 19.3 Å². The molecule has 1 saturated heterocycles. The van der Waals surface area contributed by atoms with E-state index in [4.69, 9.17) is 4.98 Å². The lowest BCUT2D eigenvalue weighted by molar-refractivity contribution is 0.0891. The number of hydrogen-bond donors (Lipinski definition) is 2. The third-order valence-electron chi connectivity index (χ3n) is 7.56. The number of rotatable bonds is 5. The summed E-state index contributed by atoms with van der Waals surface area (Å²) in [6, 6.07) is 4.51. The summed E-state index contributed by atoms with van der Waals surface area (Å²) >= 11 is 0. The van der Waals surface area contributed by atoms with E-state index >= 15 is 0 Å². The lowest BCUT2D eigenvalue weighted by Gasteiger charge is -2.29. The molecule has 0 aromatic carbocycles. The fraction of sp³-hybridized carbons (Fsp3) is 0.462. The molecule has 8 heteroatoms. The molecular weight excluding hydrogens is 426 g/mol. The number of carbonyl (C=O) groups excluding carboxylic acids is 1. The standard InChI is InChI=1S/C26H31N7O/c1-32-10-8-19(9-11-32)30-26-28-15-21-20(14-27-25(21)31-26)18-7-12-33-23(13-18)22(16-29-33)24(34)17-5-3-2-4-6-17/h7,12-17,19H,2-6,8-11H2,1H3,(H2,27,28,30,31). The average molecular weight is 458 g/mol. The van der Waals surface area contributed by atoms with Crippen LogP contribution in [-0.4, -0.2) is 61.4 Å². The Morgan fingerprint density at radius 1 is 1.12 bits per heavy atom. The van der Waals surface area contributed by atoms with Crippen molar-refractivity contribution in [1.29, 1.82) is 0 Å². The fourth-order valence-corrected chi connectivity index (χ4v) is 5.47. The molecular formula is C26H31N7O. The number of nitrogens with one attached hydrogen (secondary N) is 2. The van der Waals surface area contributed by atoms with Crippen LogP contribution in [0.4, 0.5) is 5.95 Å². The van der Waals surface area contributed by atoms with Gasteiger partial charge in [0.2, 0.25) is 5.95 Å². The quantitative estimate of drug-likeness (QED) is 0.428. The lowest BCUT2D eigenvalue weighted by Crippen LogP contribution is -2.37. The molecule has 4 aromatic rings. The normalized spacial score (nSPS) is 18.6. The molecule has 4 aromatic heterocycles. The number of piperidine rings is 1. The van der Waals surface area contributed by atoms with Crippen LogP contribution in [-0.2, 0) is 0 Å². The summed E-state index contributed by atoms with van der Waals surface area (Å²) in [5, 5.41) is 8.91. The smallest absolute Gasteiger partial charge is 0.224 e. The number of likely N-dealkylation sites (tertiary alicyclic amines) is 1. The summed E-state index contributed by atoms with van der Waals surface area (Å²) in [6.07, 6.45) is 15.2. The second-order valence-corrected chi connectivity index (χ2v) is 9.88. The van der Waals surface area contributed by atoms with Gasteiger partial charge in [0, 0.05) is 41.5 Å². The summed E-state index contributed by atoms with van der Waals surface area (Å²) in [4.78, 5) is 28.2. The predicted molar refractivity (Wildman–Crippen MR) is 133 cm³/mol. The van der Waals surface area contributed by atoms with E-state index in [0.717, 1.165) is 84.9 Å². The van der Waals surface area contributed by atoms with Crippen LogP contribution in [0.15, 0.2) is 36.9 Å². The largest absolute Gasteiger partial charge is 0.351 e. The minimum atomic E-state index is 0.127. The molecule has 1 saturated carbocycles. The highest BCUT2D eigenvalue weighted by molar-refractivity contribution is 6.04. The van der Waals surface area contributed by atoms with E-state index in [-0.39, 0.29) is 11.7 Å². The van der Waals surface area contributed by atoms with Gasteiger partial charge in [-0.25, -0.2) is 9.50 Å². The van der Waals surface area contributed by atoms with Crippen molar-refractivity contribution >= 4 is 28.3 Å². The van der Waals surface area contributed by atoms with Crippen LogP contribution >= 0.6 is 0 Å². The fourth-order valence-electron chi connectivity index (χ4n) is 5.47. The first kappa shape index (κ1) is 21.3. The molecule has 1 aliphatic carbocycles. The maximum atomic E-state index is 13.2. The molecule has 0 radical (unpaired) electrons. The van der Waals surface area contributed by atoms with E-state index < -0.39 is 0 Å². The second kappa shape index (κ2) is 8.83. The number of carbonyl (C=O) groups is 1. The Labute approximate surface area is 198 Å². The van der Waals surface area contributed by atoms with Crippen LogP contribution < -0.4 is 5.32 Å². The summed E-state index contributed by atoms with van der Waals surface area (Å²) in [5.74, 6) is 1.03. The first-order valence-electron chi connectivity index (χ1n) is 12.5. The highest BCUT2D eigenvalue weighted by Crippen LogP contribution is 2.32. The second-order valence-electron chi connectivity index (χ2n) is 9.88. The van der Waals surface area contributed by atoms with Crippen molar-refractivity contribution in [3.8, 4) is 11.1 Å². The summed E-state index contributed by atoms with van der Waals surface area (Å²) < 4.78 is 1.80. The molecule has 176 valence electrons. The number of Topliss-reactive ketones (excluding diaryl/α,β-unsaturated/α-hetero) is 1. The number of aromatic amines is 1. The number of fused-ring (bicyclic) bond motifs is 2. The Hall–Kier alpha value is -3.26. The predicted octanol–water partition coefficient (Wildman–Crippen LogP) is 4.54. The topological polar surface area (TPSA) is 91.2 Å². The molecule has 34 heavy (non-hydrogen) atoms. The highest BCUT2D eigenvalue weighted by atomic mass is 16.1. The van der Waals surface area contributed by atoms with Crippen molar-refractivity contribution in [2.45, 2.75) is 51.0 Å². The van der Waals surface area contributed by atoms with Crippen molar-refractivity contribution < 1.29 is 4.79 Å². The van der Waals surface area contributed by atoms with Crippen LogP contribution in [0, 0.1) is 5.92 Å². The Balaban J connectivity index is 1.28. The van der Waals surface area contributed by atoms with Crippen molar-refractivity contribution in [2.24, 2.45) is 5.92 Å². The Morgan fingerprint density at radius 2 is 1.94 bits per heavy atom. The molecule has 0 bridgehead atoms. The molecule has 1 aliphatic heterocycles. The maximum Gasteiger partial charge on any atom is 0.224 e. The molecule has 5 heterocycles. The van der Waals surface area contributed by atoms with E-state index in [2.05, 4.69) is 38.4 Å². The Bertz CT molecular complexity index is 1330. The molecule has 0 unspecified atom stereocenters. The molecule has 0 atom stereocenters. The Kier molecular flexibility index (Phi) is 5.53. The van der Waals surface area contributed by atoms with E-state index in [1.165, 1.54) is 6.42 Å². The van der Waals surface area contributed by atoms with Crippen LogP contribution in [0.3, 0.4) is 0 Å². The zero-order valence-electron chi connectivity index (χ0n) is 19.6. The van der Waals surface area contributed by atoms with E-state index in [0.29, 0.717) is 12.0 Å². The van der Waals surface area contributed by atoms with E-state index in [9.17, 15) is 4.79 Å². The number of nitrogens with zero attached hydrogens (tertiary/aromatic N) is 5. The van der Waals surface area contributed by atoms with E-state index in [1.54, 1.807) is 10.7 Å². The van der Waals surface area contributed by atoms with Gasteiger partial charge < -0.3 is 15.2 Å². The number of hydrogen-bond acceptors (Lipinski definition) is 6. The highest BCUT2D eigenvalue weighted by Gasteiger charge is 2.25. The number of ketones is 1. The van der Waals surface area contributed by atoms with Gasteiger partial charge in [0.15, 0.2) is 5.78 Å². The molecule has 8 nitrogen and oxygen atoms in total. The minimum absolute atomic E-state index is 0.127. The molecule has 2 N–H and O–H groups in total. The zero-order valence-corrected chi connectivity index (χ0v) is 19.6. The average Bonchev–Trinajstić information content (AvgIpc) is 3.49. The molecule has 2 fully saturated rings. The first-order valence-corrected chi connectivity index (χ1v) is 12.5. The number of anilines is 1. The van der Waals surface area contributed by atoms with Gasteiger partial charge in [-0.05, 0) is 63.5 Å². The van der Waals surface area contributed by atoms with Crippen molar-refractivity contribution in [3.63, 3.8) is 0 Å². The molecule has 6 rings (SSSR count). The SMILES string of the molecule is CN1CCC(Nc2ncc3c(-c4ccn5ncc(C(=O)C6CCCCC6)c5c4)c[nH]c3n2)CC1. The minimum Gasteiger partial charge on any atom is -0.351 e.